The lowest BCUT2D eigenvalue weighted by Crippen LogP contribution is -1.98. The number of aromatic hydroxyl groups is 1. The number of para-hydroxylation sites is 2. The van der Waals surface area contributed by atoms with E-state index >= 15 is 0 Å². The number of allylic oxidation sites excluding steroid dienone is 1. The molecule has 22 heavy (non-hydrogen) atoms. The second-order valence-electron chi connectivity index (χ2n) is 5.09. The molecular weight excluding hydrogens is 319 g/mol. The average Bonchev–Trinajstić information content (AvgIpc) is 2.99. The van der Waals surface area contributed by atoms with E-state index < -0.39 is 0 Å². The van der Waals surface area contributed by atoms with Crippen LogP contribution in [0.2, 0.25) is 10.0 Å². The summed E-state index contributed by atoms with van der Waals surface area (Å²) in [5.41, 5.74) is 4.16. The molecule has 2 N–H and O–H groups in total. The highest BCUT2D eigenvalue weighted by Crippen LogP contribution is 2.44. The van der Waals surface area contributed by atoms with E-state index in [0.717, 1.165) is 16.5 Å². The Balaban J connectivity index is 2.01. The number of aliphatic imine (C=N–C) groups is 1. The maximum Gasteiger partial charge on any atom is 0.199 e. The molecule has 0 aliphatic carbocycles. The van der Waals surface area contributed by atoms with Crippen LogP contribution in [0.5, 0.6) is 5.88 Å². The number of hydrogen-bond donors (Lipinski definition) is 2. The molecule has 0 radical (unpaired) electrons. The topological polar surface area (TPSA) is 48.4 Å². The van der Waals surface area contributed by atoms with Crippen molar-refractivity contribution in [3.05, 3.63) is 64.1 Å². The molecule has 2 heterocycles. The van der Waals surface area contributed by atoms with Crippen LogP contribution in [-0.2, 0) is 0 Å². The van der Waals surface area contributed by atoms with Crippen LogP contribution in [0.3, 0.4) is 0 Å². The van der Waals surface area contributed by atoms with E-state index in [4.69, 9.17) is 23.2 Å². The van der Waals surface area contributed by atoms with Crippen molar-refractivity contribution in [2.24, 2.45) is 4.99 Å². The first-order valence-corrected chi connectivity index (χ1v) is 7.40. The molecule has 0 amide bonds. The van der Waals surface area contributed by atoms with E-state index in [0.29, 0.717) is 32.5 Å². The van der Waals surface area contributed by atoms with E-state index in [9.17, 15) is 5.11 Å². The molecule has 0 bridgehead atoms. The number of halogens is 2. The molecule has 0 saturated carbocycles. The van der Waals surface area contributed by atoms with Gasteiger partial charge in [0.15, 0.2) is 5.88 Å². The lowest BCUT2D eigenvalue weighted by molar-refractivity contribution is 0.457. The second kappa shape index (κ2) is 4.63. The first-order valence-electron chi connectivity index (χ1n) is 6.64. The van der Waals surface area contributed by atoms with Gasteiger partial charge in [-0.1, -0.05) is 54.0 Å². The lowest BCUT2D eigenvalue weighted by atomic mass is 9.99. The van der Waals surface area contributed by atoms with Crippen LogP contribution < -0.4 is 0 Å². The molecular formula is C17H10Cl2N2O. The van der Waals surface area contributed by atoms with Gasteiger partial charge in [-0.2, -0.15) is 0 Å². The zero-order chi connectivity index (χ0) is 15.4. The molecule has 3 aromatic rings. The Hall–Kier alpha value is -2.23. The molecule has 1 aliphatic rings. The maximum absolute atomic E-state index is 10.3. The lowest BCUT2D eigenvalue weighted by Gasteiger charge is -2.03. The molecule has 1 aromatic heterocycles. The smallest absolute Gasteiger partial charge is 0.199 e. The van der Waals surface area contributed by atoms with Gasteiger partial charge in [0.25, 0.3) is 0 Å². The van der Waals surface area contributed by atoms with Crippen LogP contribution >= 0.6 is 23.2 Å². The first-order chi connectivity index (χ1) is 10.6. The molecule has 0 atom stereocenters. The van der Waals surface area contributed by atoms with Gasteiger partial charge in [-0.3, -0.25) is 0 Å². The minimum atomic E-state index is 0.0203. The van der Waals surface area contributed by atoms with Gasteiger partial charge in [0.05, 0.1) is 32.5 Å². The third-order valence-corrected chi connectivity index (χ3v) is 4.44. The molecule has 3 nitrogen and oxygen atoms in total. The Morgan fingerprint density at radius 3 is 2.55 bits per heavy atom. The fraction of sp³-hybridized carbons (Fsp3) is 0. The minimum Gasteiger partial charge on any atom is -0.494 e. The molecule has 0 spiro atoms. The fourth-order valence-electron chi connectivity index (χ4n) is 2.79. The largest absolute Gasteiger partial charge is 0.494 e. The number of hydrogen-bond acceptors (Lipinski definition) is 2. The first kappa shape index (κ1) is 13.4. The number of aromatic amines is 1. The van der Waals surface area contributed by atoms with E-state index in [1.54, 1.807) is 12.1 Å². The molecule has 0 fully saturated rings. The molecule has 108 valence electrons. The third-order valence-electron chi connectivity index (χ3n) is 3.82. The zero-order valence-electron chi connectivity index (χ0n) is 11.3. The van der Waals surface area contributed by atoms with Crippen molar-refractivity contribution in [3.8, 4) is 5.88 Å². The number of rotatable bonds is 1. The van der Waals surface area contributed by atoms with E-state index in [1.165, 1.54) is 0 Å². The van der Waals surface area contributed by atoms with Gasteiger partial charge in [0.1, 0.15) is 0 Å². The van der Waals surface area contributed by atoms with Crippen molar-refractivity contribution in [2.75, 3.05) is 0 Å². The fourth-order valence-corrected chi connectivity index (χ4v) is 3.23. The Morgan fingerprint density at radius 2 is 1.77 bits per heavy atom. The van der Waals surface area contributed by atoms with Gasteiger partial charge in [0.2, 0.25) is 0 Å². The number of benzene rings is 2. The van der Waals surface area contributed by atoms with Crippen LogP contribution in [-0.4, -0.2) is 15.8 Å². The SMILES string of the molecule is C=C1C(c2c(O)[nH]c3c(Cl)cccc23)=Nc2c(Cl)cccc21. The number of nitrogens with one attached hydrogen (secondary N) is 1. The number of H-pyrrole nitrogens is 1. The highest BCUT2D eigenvalue weighted by Gasteiger charge is 2.27. The van der Waals surface area contributed by atoms with Crippen LogP contribution in [0.15, 0.2) is 48.0 Å². The highest BCUT2D eigenvalue weighted by molar-refractivity contribution is 6.43. The van der Waals surface area contributed by atoms with Gasteiger partial charge in [-0.05, 0) is 12.1 Å². The molecule has 0 saturated heterocycles. The summed E-state index contributed by atoms with van der Waals surface area (Å²) in [5, 5.41) is 12.2. The quantitative estimate of drug-likeness (QED) is 0.623. The summed E-state index contributed by atoms with van der Waals surface area (Å²) in [6.45, 7) is 4.10. The Labute approximate surface area is 136 Å². The third kappa shape index (κ3) is 1.73. The molecule has 2 aromatic carbocycles. The highest BCUT2D eigenvalue weighted by atomic mass is 35.5. The summed E-state index contributed by atoms with van der Waals surface area (Å²) >= 11 is 12.4. The standard InChI is InChI=1S/C17H10Cl2N2O/c1-8-9-4-2-6-11(18)15(9)20-14(8)13-10-5-3-7-12(19)16(10)21-17(13)22/h2-7,21-22H,1H2. The van der Waals surface area contributed by atoms with Crippen molar-refractivity contribution in [2.45, 2.75) is 0 Å². The van der Waals surface area contributed by atoms with Gasteiger partial charge in [-0.15, -0.1) is 0 Å². The van der Waals surface area contributed by atoms with Crippen molar-refractivity contribution in [1.29, 1.82) is 0 Å². The van der Waals surface area contributed by atoms with Gasteiger partial charge in [0, 0.05) is 16.5 Å². The number of aromatic nitrogens is 1. The van der Waals surface area contributed by atoms with Crippen molar-refractivity contribution >= 4 is 51.1 Å². The maximum atomic E-state index is 10.3. The van der Waals surface area contributed by atoms with Crippen molar-refractivity contribution < 1.29 is 5.11 Å². The monoisotopic (exact) mass is 328 g/mol. The summed E-state index contributed by atoms with van der Waals surface area (Å²) in [6, 6.07) is 11.0. The Morgan fingerprint density at radius 1 is 1.05 bits per heavy atom. The van der Waals surface area contributed by atoms with Crippen molar-refractivity contribution in [3.63, 3.8) is 0 Å². The van der Waals surface area contributed by atoms with Gasteiger partial charge < -0.3 is 10.1 Å². The molecule has 1 aliphatic heterocycles. The summed E-state index contributed by atoms with van der Waals surface area (Å²) in [7, 11) is 0. The predicted octanol–water partition coefficient (Wildman–Crippen LogP) is 5.33. The minimum absolute atomic E-state index is 0.0203. The molecule has 5 heteroatoms. The number of nitrogens with zero attached hydrogens (tertiary/aromatic N) is 1. The van der Waals surface area contributed by atoms with Gasteiger partial charge >= 0.3 is 0 Å². The zero-order valence-corrected chi connectivity index (χ0v) is 12.8. The summed E-state index contributed by atoms with van der Waals surface area (Å²) in [4.78, 5) is 7.48. The molecule has 4 rings (SSSR count). The van der Waals surface area contributed by atoms with E-state index in [-0.39, 0.29) is 5.88 Å². The predicted molar refractivity (Wildman–Crippen MR) is 91.7 cm³/mol. The second-order valence-corrected chi connectivity index (χ2v) is 5.90. The van der Waals surface area contributed by atoms with Gasteiger partial charge in [-0.25, -0.2) is 4.99 Å². The number of fused-ring (bicyclic) bond motifs is 2. The van der Waals surface area contributed by atoms with Crippen LogP contribution in [0.4, 0.5) is 5.69 Å². The average molecular weight is 329 g/mol. The summed E-state index contributed by atoms with van der Waals surface area (Å²) < 4.78 is 0. The van der Waals surface area contributed by atoms with Crippen molar-refractivity contribution in [1.82, 2.24) is 4.98 Å². The Bertz CT molecular complexity index is 986. The normalized spacial score (nSPS) is 13.5. The van der Waals surface area contributed by atoms with Crippen LogP contribution in [0.25, 0.3) is 16.5 Å². The molecule has 0 unspecified atom stereocenters. The summed E-state index contributed by atoms with van der Waals surface area (Å²) in [5.74, 6) is 0.0203. The van der Waals surface area contributed by atoms with Crippen LogP contribution in [0, 0.1) is 0 Å². The van der Waals surface area contributed by atoms with E-state index in [2.05, 4.69) is 16.6 Å². The van der Waals surface area contributed by atoms with Crippen LogP contribution in [0.1, 0.15) is 11.1 Å². The van der Waals surface area contributed by atoms with E-state index in [1.807, 2.05) is 24.3 Å². The Kier molecular flexibility index (Phi) is 2.83. The summed E-state index contributed by atoms with van der Waals surface area (Å²) in [6.07, 6.45) is 0.